The van der Waals surface area contributed by atoms with E-state index in [1.54, 1.807) is 0 Å². The molecule has 0 heterocycles. The molecule has 0 aromatic rings. The van der Waals surface area contributed by atoms with Crippen LogP contribution in [0, 0.1) is 5.92 Å². The average Bonchev–Trinajstić information content (AvgIpc) is 2.23. The van der Waals surface area contributed by atoms with Crippen LogP contribution in [0.15, 0.2) is 12.2 Å². The second-order valence-electron chi connectivity index (χ2n) is 2.51. The van der Waals surface area contributed by atoms with Gasteiger partial charge in [-0.2, -0.15) is 17.6 Å². The summed E-state index contributed by atoms with van der Waals surface area (Å²) >= 11 is 0. The van der Waals surface area contributed by atoms with Gasteiger partial charge in [-0.05, 0) is 0 Å². The lowest BCUT2D eigenvalue weighted by Gasteiger charge is -1.92. The highest BCUT2D eigenvalue weighted by molar-refractivity contribution is 5.88. The van der Waals surface area contributed by atoms with Gasteiger partial charge >= 0.3 is 17.8 Å². The second-order valence-corrected chi connectivity index (χ2v) is 2.51. The van der Waals surface area contributed by atoms with Crippen LogP contribution in [-0.4, -0.2) is 22.9 Å². The van der Waals surface area contributed by atoms with Crippen molar-refractivity contribution in [1.29, 1.82) is 0 Å². The summed E-state index contributed by atoms with van der Waals surface area (Å²) in [7, 11) is 0. The molecule has 0 radical (unpaired) electrons. The number of hydrogen-bond donors (Lipinski definition) is 1. The van der Waals surface area contributed by atoms with Gasteiger partial charge in [0.15, 0.2) is 0 Å². The van der Waals surface area contributed by atoms with Crippen molar-refractivity contribution in [2.45, 2.75) is 11.8 Å². The topological polar surface area (TPSA) is 37.3 Å². The van der Waals surface area contributed by atoms with E-state index in [2.05, 4.69) is 6.58 Å². The number of carboxylic acids is 1. The first kappa shape index (κ1) is 9.02. The maximum atomic E-state index is 12.1. The van der Waals surface area contributed by atoms with Crippen LogP contribution in [0.5, 0.6) is 0 Å². The van der Waals surface area contributed by atoms with E-state index in [0.717, 1.165) is 0 Å². The van der Waals surface area contributed by atoms with Crippen molar-refractivity contribution in [1.82, 2.24) is 0 Å². The Kier molecular flexibility index (Phi) is 1.50. The molecule has 1 aliphatic carbocycles. The molecule has 1 fully saturated rings. The number of carbonyl (C=O) groups is 1. The molecule has 0 bridgehead atoms. The summed E-state index contributed by atoms with van der Waals surface area (Å²) in [6.07, 6.45) is 0. The molecule has 0 atom stereocenters. The van der Waals surface area contributed by atoms with E-state index < -0.39 is 29.3 Å². The number of carboxylic acid groups (broad SMARTS) is 1. The number of alkyl halides is 4. The Morgan fingerprint density at radius 1 is 1.25 bits per heavy atom. The van der Waals surface area contributed by atoms with Gasteiger partial charge in [0.1, 0.15) is 5.92 Å². The first-order valence-corrected chi connectivity index (χ1v) is 2.90. The summed E-state index contributed by atoms with van der Waals surface area (Å²) in [4.78, 5) is 9.99. The monoisotopic (exact) mass is 184 g/mol. The van der Waals surface area contributed by atoms with Gasteiger partial charge in [-0.25, -0.2) is 4.79 Å². The predicted octanol–water partition coefficient (Wildman–Crippen LogP) is 1.53. The van der Waals surface area contributed by atoms with Crippen LogP contribution in [0.4, 0.5) is 17.6 Å². The third-order valence-corrected chi connectivity index (χ3v) is 1.71. The van der Waals surface area contributed by atoms with E-state index >= 15 is 0 Å². The summed E-state index contributed by atoms with van der Waals surface area (Å²) in [5.74, 6) is -12.9. The molecule has 6 heteroatoms. The van der Waals surface area contributed by atoms with Crippen LogP contribution >= 0.6 is 0 Å². The summed E-state index contributed by atoms with van der Waals surface area (Å²) < 4.78 is 48.4. The fraction of sp³-hybridized carbons (Fsp3) is 0.500. The normalized spacial score (nSPS) is 25.0. The minimum Gasteiger partial charge on any atom is -0.478 e. The van der Waals surface area contributed by atoms with Crippen molar-refractivity contribution in [2.24, 2.45) is 5.92 Å². The number of aliphatic carboxylic acids is 1. The molecule has 0 aromatic heterocycles. The first-order chi connectivity index (χ1) is 5.23. The maximum Gasteiger partial charge on any atom is 0.331 e. The zero-order chi connectivity index (χ0) is 9.73. The van der Waals surface area contributed by atoms with Gasteiger partial charge in [0.25, 0.3) is 0 Å². The van der Waals surface area contributed by atoms with Crippen molar-refractivity contribution >= 4 is 5.97 Å². The number of hydrogen-bond acceptors (Lipinski definition) is 1. The van der Waals surface area contributed by atoms with Gasteiger partial charge in [0.2, 0.25) is 0 Å². The van der Waals surface area contributed by atoms with Crippen LogP contribution < -0.4 is 0 Å². The van der Waals surface area contributed by atoms with E-state index in [9.17, 15) is 22.4 Å². The largest absolute Gasteiger partial charge is 0.478 e. The van der Waals surface area contributed by atoms with E-state index in [0.29, 0.717) is 0 Å². The number of halogens is 4. The highest BCUT2D eigenvalue weighted by Crippen LogP contribution is 2.65. The zero-order valence-corrected chi connectivity index (χ0v) is 5.65. The Hall–Kier alpha value is -1.07. The Bertz CT molecular complexity index is 244. The van der Waals surface area contributed by atoms with Crippen LogP contribution in [0.1, 0.15) is 0 Å². The molecule has 0 aliphatic heterocycles. The van der Waals surface area contributed by atoms with Gasteiger partial charge < -0.3 is 5.11 Å². The molecule has 0 spiro atoms. The lowest BCUT2D eigenvalue weighted by Crippen LogP contribution is -2.05. The molecule has 1 aliphatic rings. The molecule has 2 nitrogen and oxygen atoms in total. The molecule has 1 N–H and O–H groups in total. The fourth-order valence-electron chi connectivity index (χ4n) is 0.903. The molecule has 0 unspecified atom stereocenters. The lowest BCUT2D eigenvalue weighted by molar-refractivity contribution is -0.133. The predicted molar refractivity (Wildman–Crippen MR) is 30.2 cm³/mol. The summed E-state index contributed by atoms with van der Waals surface area (Å²) in [6, 6.07) is 0. The first-order valence-electron chi connectivity index (χ1n) is 2.90. The smallest absolute Gasteiger partial charge is 0.331 e. The van der Waals surface area contributed by atoms with Crippen LogP contribution in [-0.2, 0) is 4.79 Å². The Morgan fingerprint density at radius 3 is 1.67 bits per heavy atom. The van der Waals surface area contributed by atoms with E-state index in [1.807, 2.05) is 0 Å². The molecule has 0 aromatic carbocycles. The van der Waals surface area contributed by atoms with Gasteiger partial charge in [-0.15, -0.1) is 0 Å². The summed E-state index contributed by atoms with van der Waals surface area (Å²) in [6.45, 7) is 2.65. The maximum absolute atomic E-state index is 12.1. The van der Waals surface area contributed by atoms with Gasteiger partial charge in [0, 0.05) is 5.57 Å². The molecular formula is C6H4F4O2. The van der Waals surface area contributed by atoms with E-state index in [4.69, 9.17) is 5.11 Å². The van der Waals surface area contributed by atoms with Gasteiger partial charge in [-0.3, -0.25) is 0 Å². The molecule has 12 heavy (non-hydrogen) atoms. The van der Waals surface area contributed by atoms with Crippen molar-refractivity contribution in [2.75, 3.05) is 0 Å². The quantitative estimate of drug-likeness (QED) is 0.521. The van der Waals surface area contributed by atoms with Crippen molar-refractivity contribution in [3.05, 3.63) is 12.2 Å². The average molecular weight is 184 g/mol. The molecular weight excluding hydrogens is 180 g/mol. The van der Waals surface area contributed by atoms with E-state index in [-0.39, 0.29) is 0 Å². The Morgan fingerprint density at radius 2 is 1.58 bits per heavy atom. The van der Waals surface area contributed by atoms with Crippen molar-refractivity contribution in [3.8, 4) is 0 Å². The van der Waals surface area contributed by atoms with Gasteiger partial charge in [0.05, 0.1) is 0 Å². The van der Waals surface area contributed by atoms with Crippen molar-refractivity contribution < 1.29 is 27.5 Å². The summed E-state index contributed by atoms with van der Waals surface area (Å²) in [5.41, 5.74) is -1.15. The highest BCUT2D eigenvalue weighted by atomic mass is 19.3. The van der Waals surface area contributed by atoms with Crippen LogP contribution in [0.3, 0.4) is 0 Å². The van der Waals surface area contributed by atoms with E-state index in [1.165, 1.54) is 0 Å². The standard InChI is InChI=1S/C6H4F4O2/c1-2(4(11)12)3-5(7,8)6(3,9)10/h3H,1H2,(H,11,12). The molecule has 0 amide bonds. The molecule has 1 saturated carbocycles. The summed E-state index contributed by atoms with van der Waals surface area (Å²) in [5, 5.41) is 8.09. The molecule has 68 valence electrons. The van der Waals surface area contributed by atoms with Gasteiger partial charge in [-0.1, -0.05) is 6.58 Å². The minimum absolute atomic E-state index is 1.15. The Labute approximate surface area is 64.5 Å². The fourth-order valence-corrected chi connectivity index (χ4v) is 0.903. The highest BCUT2D eigenvalue weighted by Gasteiger charge is 2.86. The lowest BCUT2D eigenvalue weighted by atomic mass is 10.2. The minimum atomic E-state index is -4.25. The SMILES string of the molecule is C=C(C(=O)O)C1C(F)(F)C1(F)F. The zero-order valence-electron chi connectivity index (χ0n) is 5.65. The Balaban J connectivity index is 2.85. The number of rotatable bonds is 2. The molecule has 1 rings (SSSR count). The van der Waals surface area contributed by atoms with Crippen LogP contribution in [0.2, 0.25) is 0 Å². The van der Waals surface area contributed by atoms with Crippen LogP contribution in [0.25, 0.3) is 0 Å². The third kappa shape index (κ3) is 0.835. The van der Waals surface area contributed by atoms with Crippen molar-refractivity contribution in [3.63, 3.8) is 0 Å². The molecule has 0 saturated heterocycles. The second kappa shape index (κ2) is 1.99. The third-order valence-electron chi connectivity index (χ3n) is 1.71.